The summed E-state index contributed by atoms with van der Waals surface area (Å²) < 4.78 is 0. The SMILES string of the molecule is CCC1CC=CC=C1C1CC1. The van der Waals surface area contributed by atoms with E-state index in [-0.39, 0.29) is 0 Å². The molecule has 1 atom stereocenters. The van der Waals surface area contributed by atoms with Gasteiger partial charge in [-0.15, -0.1) is 0 Å². The van der Waals surface area contributed by atoms with E-state index in [2.05, 4.69) is 25.2 Å². The van der Waals surface area contributed by atoms with Crippen molar-refractivity contribution in [2.24, 2.45) is 11.8 Å². The molecular formula is C11H16. The van der Waals surface area contributed by atoms with Crippen LogP contribution in [-0.2, 0) is 0 Å². The summed E-state index contributed by atoms with van der Waals surface area (Å²) in [5.74, 6) is 1.86. The summed E-state index contributed by atoms with van der Waals surface area (Å²) >= 11 is 0. The van der Waals surface area contributed by atoms with Gasteiger partial charge >= 0.3 is 0 Å². The van der Waals surface area contributed by atoms with Crippen LogP contribution in [0.3, 0.4) is 0 Å². The Kier molecular flexibility index (Phi) is 1.85. The molecule has 0 amide bonds. The standard InChI is InChI=1S/C11H16/c1-2-9-5-3-4-6-11(9)10-7-8-10/h3-4,6,9-10H,2,5,7-8H2,1H3. The molecule has 1 saturated carbocycles. The highest BCUT2D eigenvalue weighted by Crippen LogP contribution is 2.43. The maximum absolute atomic E-state index is 2.36. The van der Waals surface area contributed by atoms with Gasteiger partial charge in [0.1, 0.15) is 0 Å². The smallest absolute Gasteiger partial charge is 0.0165 e. The van der Waals surface area contributed by atoms with Gasteiger partial charge in [0, 0.05) is 0 Å². The van der Waals surface area contributed by atoms with Gasteiger partial charge in [-0.05, 0) is 37.5 Å². The topological polar surface area (TPSA) is 0 Å². The van der Waals surface area contributed by atoms with Crippen molar-refractivity contribution in [2.45, 2.75) is 32.6 Å². The van der Waals surface area contributed by atoms with Gasteiger partial charge in [0.2, 0.25) is 0 Å². The van der Waals surface area contributed by atoms with Crippen molar-refractivity contribution in [3.8, 4) is 0 Å². The average molecular weight is 148 g/mol. The van der Waals surface area contributed by atoms with Crippen molar-refractivity contribution in [3.63, 3.8) is 0 Å². The zero-order chi connectivity index (χ0) is 7.68. The van der Waals surface area contributed by atoms with Gasteiger partial charge in [-0.1, -0.05) is 30.7 Å². The van der Waals surface area contributed by atoms with Gasteiger partial charge in [-0.25, -0.2) is 0 Å². The maximum atomic E-state index is 2.36. The molecule has 2 aliphatic carbocycles. The average Bonchev–Trinajstić information content (AvgIpc) is 2.87. The van der Waals surface area contributed by atoms with E-state index in [1.165, 1.54) is 25.7 Å². The molecule has 0 aromatic rings. The molecule has 0 heterocycles. The fourth-order valence-corrected chi connectivity index (χ4v) is 1.98. The van der Waals surface area contributed by atoms with Crippen molar-refractivity contribution in [1.29, 1.82) is 0 Å². The lowest BCUT2D eigenvalue weighted by Gasteiger charge is -2.19. The van der Waals surface area contributed by atoms with Crippen LogP contribution in [-0.4, -0.2) is 0 Å². The molecule has 2 aliphatic rings. The summed E-state index contributed by atoms with van der Waals surface area (Å²) in [6, 6.07) is 0. The molecule has 0 aromatic heterocycles. The third-order valence-corrected chi connectivity index (χ3v) is 2.86. The molecule has 1 fully saturated rings. The van der Waals surface area contributed by atoms with Crippen LogP contribution in [0.15, 0.2) is 23.8 Å². The van der Waals surface area contributed by atoms with Crippen LogP contribution in [0.1, 0.15) is 32.6 Å². The van der Waals surface area contributed by atoms with Crippen molar-refractivity contribution < 1.29 is 0 Å². The predicted octanol–water partition coefficient (Wildman–Crippen LogP) is 3.31. The second-order valence-corrected chi connectivity index (χ2v) is 3.71. The first kappa shape index (κ1) is 7.15. The molecular weight excluding hydrogens is 132 g/mol. The van der Waals surface area contributed by atoms with Crippen LogP contribution in [0.2, 0.25) is 0 Å². The molecule has 2 rings (SSSR count). The van der Waals surface area contributed by atoms with Crippen molar-refractivity contribution >= 4 is 0 Å². The molecule has 11 heavy (non-hydrogen) atoms. The van der Waals surface area contributed by atoms with Crippen molar-refractivity contribution in [3.05, 3.63) is 23.8 Å². The monoisotopic (exact) mass is 148 g/mol. The van der Waals surface area contributed by atoms with E-state index in [9.17, 15) is 0 Å². The van der Waals surface area contributed by atoms with Crippen molar-refractivity contribution in [2.75, 3.05) is 0 Å². The number of hydrogen-bond acceptors (Lipinski definition) is 0. The van der Waals surface area contributed by atoms with E-state index in [4.69, 9.17) is 0 Å². The molecule has 0 radical (unpaired) electrons. The van der Waals surface area contributed by atoms with E-state index in [1.54, 1.807) is 5.57 Å². The summed E-state index contributed by atoms with van der Waals surface area (Å²) in [4.78, 5) is 0. The Bertz CT molecular complexity index is 194. The molecule has 1 unspecified atom stereocenters. The summed E-state index contributed by atoms with van der Waals surface area (Å²) in [7, 11) is 0. The van der Waals surface area contributed by atoms with Crippen LogP contribution in [0.4, 0.5) is 0 Å². The minimum Gasteiger partial charge on any atom is -0.0839 e. The first-order chi connectivity index (χ1) is 5.42. The number of allylic oxidation sites excluding steroid dienone is 4. The van der Waals surface area contributed by atoms with E-state index >= 15 is 0 Å². The lowest BCUT2D eigenvalue weighted by Crippen LogP contribution is -2.05. The maximum Gasteiger partial charge on any atom is -0.0165 e. The Morgan fingerprint density at radius 3 is 2.91 bits per heavy atom. The van der Waals surface area contributed by atoms with Gasteiger partial charge in [0.05, 0.1) is 0 Å². The van der Waals surface area contributed by atoms with Gasteiger partial charge in [0.25, 0.3) is 0 Å². The lowest BCUT2D eigenvalue weighted by molar-refractivity contribution is 0.563. The van der Waals surface area contributed by atoms with E-state index < -0.39 is 0 Å². The van der Waals surface area contributed by atoms with Gasteiger partial charge in [0.15, 0.2) is 0 Å². The Labute approximate surface area is 69.0 Å². The first-order valence-corrected chi connectivity index (χ1v) is 4.78. The highest BCUT2D eigenvalue weighted by atomic mass is 14.3. The summed E-state index contributed by atoms with van der Waals surface area (Å²) in [5.41, 5.74) is 1.75. The van der Waals surface area contributed by atoms with Crippen LogP contribution in [0.25, 0.3) is 0 Å². The largest absolute Gasteiger partial charge is 0.0839 e. The summed E-state index contributed by atoms with van der Waals surface area (Å²) in [6.07, 6.45) is 12.4. The molecule has 0 N–H and O–H groups in total. The molecule has 0 spiro atoms. The molecule has 0 heteroatoms. The molecule has 0 bridgehead atoms. The summed E-state index contributed by atoms with van der Waals surface area (Å²) in [5, 5.41) is 0. The highest BCUT2D eigenvalue weighted by molar-refractivity contribution is 5.25. The molecule has 0 nitrogen and oxygen atoms in total. The minimum atomic E-state index is 0.882. The van der Waals surface area contributed by atoms with Crippen LogP contribution >= 0.6 is 0 Å². The zero-order valence-electron chi connectivity index (χ0n) is 7.22. The summed E-state index contributed by atoms with van der Waals surface area (Å²) in [6.45, 7) is 2.31. The molecule has 60 valence electrons. The van der Waals surface area contributed by atoms with E-state index in [1.807, 2.05) is 0 Å². The number of rotatable bonds is 2. The molecule has 0 aliphatic heterocycles. The van der Waals surface area contributed by atoms with Crippen LogP contribution in [0, 0.1) is 11.8 Å². The Balaban J connectivity index is 2.10. The van der Waals surface area contributed by atoms with E-state index in [0.717, 1.165) is 11.8 Å². The zero-order valence-corrected chi connectivity index (χ0v) is 7.22. The Hall–Kier alpha value is -0.520. The molecule has 0 aromatic carbocycles. The molecule has 0 saturated heterocycles. The Morgan fingerprint density at radius 2 is 2.27 bits per heavy atom. The fourth-order valence-electron chi connectivity index (χ4n) is 1.98. The van der Waals surface area contributed by atoms with Gasteiger partial charge in [-0.3, -0.25) is 0 Å². The van der Waals surface area contributed by atoms with Crippen LogP contribution in [0.5, 0.6) is 0 Å². The van der Waals surface area contributed by atoms with Gasteiger partial charge < -0.3 is 0 Å². The second-order valence-electron chi connectivity index (χ2n) is 3.71. The third kappa shape index (κ3) is 1.40. The third-order valence-electron chi connectivity index (χ3n) is 2.86. The second kappa shape index (κ2) is 2.84. The number of hydrogen-bond donors (Lipinski definition) is 0. The van der Waals surface area contributed by atoms with Crippen molar-refractivity contribution in [1.82, 2.24) is 0 Å². The Morgan fingerprint density at radius 1 is 1.45 bits per heavy atom. The fraction of sp³-hybridized carbons (Fsp3) is 0.636. The lowest BCUT2D eigenvalue weighted by atomic mass is 9.86. The van der Waals surface area contributed by atoms with Gasteiger partial charge in [-0.2, -0.15) is 0 Å². The van der Waals surface area contributed by atoms with Crippen LogP contribution < -0.4 is 0 Å². The highest BCUT2D eigenvalue weighted by Gasteiger charge is 2.29. The first-order valence-electron chi connectivity index (χ1n) is 4.78. The predicted molar refractivity (Wildman–Crippen MR) is 48.3 cm³/mol. The normalized spacial score (nSPS) is 30.3. The minimum absolute atomic E-state index is 0.882. The van der Waals surface area contributed by atoms with E-state index in [0.29, 0.717) is 0 Å². The quantitative estimate of drug-likeness (QED) is 0.563.